The van der Waals surface area contributed by atoms with Gasteiger partial charge in [0.1, 0.15) is 11.6 Å². The quantitative estimate of drug-likeness (QED) is 0.236. The number of hydrogen-bond donors (Lipinski definition) is 0. The molecule has 0 aliphatic rings. The van der Waals surface area contributed by atoms with Crippen LogP contribution in [0.1, 0.15) is 66.8 Å². The van der Waals surface area contributed by atoms with Gasteiger partial charge in [0, 0.05) is 11.9 Å². The van der Waals surface area contributed by atoms with E-state index in [-0.39, 0.29) is 11.6 Å². The van der Waals surface area contributed by atoms with Gasteiger partial charge in [-0.25, -0.2) is 8.78 Å². The molecule has 3 rings (SSSR count). The Morgan fingerprint density at radius 1 is 0.730 bits per heavy atom. The van der Waals surface area contributed by atoms with Gasteiger partial charge in [0.25, 0.3) is 0 Å². The minimum atomic E-state index is -0.116. The molecule has 0 unspecified atom stereocenters. The van der Waals surface area contributed by atoms with Crippen LogP contribution in [0.5, 0.6) is 0 Å². The van der Waals surface area contributed by atoms with Gasteiger partial charge in [-0.3, -0.25) is 4.98 Å². The van der Waals surface area contributed by atoms with Gasteiger partial charge in [0.05, 0.1) is 0 Å². The molecule has 3 heteroatoms. The van der Waals surface area contributed by atoms with E-state index >= 15 is 0 Å². The van der Waals surface area contributed by atoms with E-state index in [2.05, 4.69) is 24.2 Å². The molecular formula is C34H47F2N. The molecular weight excluding hydrogens is 460 g/mol. The van der Waals surface area contributed by atoms with Gasteiger partial charge < -0.3 is 0 Å². The van der Waals surface area contributed by atoms with Gasteiger partial charge in [0.15, 0.2) is 0 Å². The normalized spacial score (nSPS) is 9.59. The maximum Gasteiger partial charge on any atom is 0.126 e. The van der Waals surface area contributed by atoms with Crippen molar-refractivity contribution >= 4 is 0 Å². The molecule has 0 atom stereocenters. The number of halogens is 2. The molecule has 0 aliphatic heterocycles. The van der Waals surface area contributed by atoms with Gasteiger partial charge >= 0.3 is 0 Å². The first kappa shape index (κ1) is 35.8. The van der Waals surface area contributed by atoms with E-state index in [0.29, 0.717) is 5.56 Å². The lowest BCUT2D eigenvalue weighted by Crippen LogP contribution is -1.87. The minimum absolute atomic E-state index is 0.0995. The molecule has 3 aromatic rings. The van der Waals surface area contributed by atoms with E-state index in [9.17, 15) is 8.78 Å². The van der Waals surface area contributed by atoms with E-state index in [1.54, 1.807) is 26.0 Å². The molecule has 202 valence electrons. The summed E-state index contributed by atoms with van der Waals surface area (Å²) in [6.07, 6.45) is 5.72. The van der Waals surface area contributed by atoms with E-state index in [0.717, 1.165) is 27.9 Å². The Labute approximate surface area is 225 Å². The maximum atomic E-state index is 12.8. The molecule has 0 N–H and O–H groups in total. The molecule has 0 amide bonds. The van der Waals surface area contributed by atoms with Crippen LogP contribution in [0.15, 0.2) is 85.1 Å². The zero-order chi connectivity index (χ0) is 29.1. The molecule has 0 saturated carbocycles. The second-order valence-electron chi connectivity index (χ2n) is 9.36. The number of benzene rings is 2. The molecule has 1 aromatic heterocycles. The largest absolute Gasteiger partial charge is 0.261 e. The summed E-state index contributed by atoms with van der Waals surface area (Å²) in [5, 5.41) is 0. The smallest absolute Gasteiger partial charge is 0.126 e. The van der Waals surface area contributed by atoms with E-state index < -0.39 is 0 Å². The Hall–Kier alpha value is -3.33. The highest BCUT2D eigenvalue weighted by Crippen LogP contribution is 2.13. The Morgan fingerprint density at radius 3 is 1.57 bits per heavy atom. The van der Waals surface area contributed by atoms with Crippen molar-refractivity contribution in [1.29, 1.82) is 0 Å². The van der Waals surface area contributed by atoms with Gasteiger partial charge in [-0.15, -0.1) is 6.58 Å². The lowest BCUT2D eigenvalue weighted by atomic mass is 10.1. The molecule has 0 bridgehead atoms. The van der Waals surface area contributed by atoms with Crippen molar-refractivity contribution in [1.82, 2.24) is 4.98 Å². The molecule has 1 nitrogen and oxygen atoms in total. The number of aromatic nitrogens is 1. The third kappa shape index (κ3) is 19.5. The summed E-state index contributed by atoms with van der Waals surface area (Å²) in [5.41, 5.74) is 9.14. The summed E-state index contributed by atoms with van der Waals surface area (Å²) < 4.78 is 25.4. The summed E-state index contributed by atoms with van der Waals surface area (Å²) in [6.45, 7) is 28.4. The molecule has 0 spiro atoms. The Bertz CT molecular complexity index is 1080. The maximum absolute atomic E-state index is 12.8. The highest BCUT2D eigenvalue weighted by Gasteiger charge is 1.99. The summed E-state index contributed by atoms with van der Waals surface area (Å²) >= 11 is 0. The van der Waals surface area contributed by atoms with Crippen LogP contribution in [0, 0.1) is 60.1 Å². The number of rotatable bonds is 1. The first-order chi connectivity index (χ1) is 17.1. The van der Waals surface area contributed by atoms with Gasteiger partial charge in [0.2, 0.25) is 0 Å². The summed E-state index contributed by atoms with van der Waals surface area (Å²) in [6, 6.07) is 12.8. The minimum Gasteiger partial charge on any atom is -0.261 e. The number of aryl methyl sites for hydroxylation is 6. The van der Waals surface area contributed by atoms with Gasteiger partial charge in [-0.2, -0.15) is 0 Å². The topological polar surface area (TPSA) is 12.9 Å². The standard InChI is InChI=1S/C9H11F.C8H9F.C7H9N.C6H10.C4H8/c1-6-4-7(2)8(3)9(10)5-6;1-6-3-4-7(2)8(9)5-6;1-6-3-4-7(2)8-5-6;1-4-6(3)5-2;1-4(2)3/h4-5H,1-3H3;3-5H,1-2H3;3-5H,1-2H3;4-5H,1H2,2-3H3;1H2,2-3H3/b;;;6-5-;. The number of nitrogens with zero attached hydrogens (tertiary/aromatic N) is 1. The summed E-state index contributed by atoms with van der Waals surface area (Å²) in [5.74, 6) is -0.215. The second-order valence-corrected chi connectivity index (χ2v) is 9.36. The van der Waals surface area contributed by atoms with Crippen molar-refractivity contribution < 1.29 is 8.78 Å². The van der Waals surface area contributed by atoms with Crippen LogP contribution in [0.4, 0.5) is 8.78 Å². The molecule has 0 aliphatic carbocycles. The van der Waals surface area contributed by atoms with Crippen molar-refractivity contribution in [3.8, 4) is 0 Å². The van der Waals surface area contributed by atoms with Gasteiger partial charge in [-0.1, -0.05) is 54.1 Å². The predicted molar refractivity (Wildman–Crippen MR) is 160 cm³/mol. The van der Waals surface area contributed by atoms with Gasteiger partial charge in [-0.05, 0) is 128 Å². The highest BCUT2D eigenvalue weighted by molar-refractivity contribution is 5.30. The lowest BCUT2D eigenvalue weighted by molar-refractivity contribution is 0.615. The number of allylic oxidation sites excluding steroid dienone is 4. The Morgan fingerprint density at radius 2 is 1.24 bits per heavy atom. The monoisotopic (exact) mass is 507 g/mol. The van der Waals surface area contributed by atoms with Crippen LogP contribution in [0.3, 0.4) is 0 Å². The Balaban J connectivity index is 0. The molecule has 0 fully saturated rings. The first-order valence-electron chi connectivity index (χ1n) is 12.4. The highest BCUT2D eigenvalue weighted by atomic mass is 19.1. The molecule has 1 heterocycles. The third-order valence-electron chi connectivity index (χ3n) is 4.91. The van der Waals surface area contributed by atoms with Crippen LogP contribution < -0.4 is 0 Å². The summed E-state index contributed by atoms with van der Waals surface area (Å²) in [7, 11) is 0. The van der Waals surface area contributed by atoms with Crippen LogP contribution in [-0.2, 0) is 0 Å². The Kier molecular flexibility index (Phi) is 19.2. The van der Waals surface area contributed by atoms with Crippen LogP contribution in [-0.4, -0.2) is 4.98 Å². The third-order valence-corrected chi connectivity index (χ3v) is 4.91. The molecule has 0 saturated heterocycles. The lowest BCUT2D eigenvalue weighted by Gasteiger charge is -2.01. The SMILES string of the molecule is C=C(C)C.C=C/C(C)=C\C.Cc1cc(C)c(C)c(F)c1.Cc1ccc(C)c(F)c1.Cc1ccc(C)nc1. The molecule has 2 aromatic carbocycles. The fourth-order valence-corrected chi connectivity index (χ4v) is 2.35. The first-order valence-corrected chi connectivity index (χ1v) is 12.4. The number of pyridine rings is 1. The van der Waals surface area contributed by atoms with Crippen molar-refractivity contribution in [3.63, 3.8) is 0 Å². The van der Waals surface area contributed by atoms with Crippen molar-refractivity contribution in [2.24, 2.45) is 0 Å². The van der Waals surface area contributed by atoms with E-state index in [1.807, 2.05) is 98.9 Å². The predicted octanol–water partition coefficient (Wildman–Crippen LogP) is 10.6. The van der Waals surface area contributed by atoms with Crippen LogP contribution in [0.2, 0.25) is 0 Å². The fourth-order valence-electron chi connectivity index (χ4n) is 2.35. The molecule has 0 radical (unpaired) electrons. The van der Waals surface area contributed by atoms with Crippen molar-refractivity contribution in [2.75, 3.05) is 0 Å². The zero-order valence-corrected chi connectivity index (χ0v) is 24.9. The van der Waals surface area contributed by atoms with E-state index in [4.69, 9.17) is 0 Å². The van der Waals surface area contributed by atoms with Crippen LogP contribution in [0.25, 0.3) is 0 Å². The summed E-state index contributed by atoms with van der Waals surface area (Å²) in [4.78, 5) is 4.08. The van der Waals surface area contributed by atoms with Crippen molar-refractivity contribution in [3.05, 3.63) is 136 Å². The fraction of sp³-hybridized carbons (Fsp3) is 0.324. The average molecular weight is 508 g/mol. The average Bonchev–Trinajstić information content (AvgIpc) is 2.82. The zero-order valence-electron chi connectivity index (χ0n) is 24.9. The number of hydrogen-bond acceptors (Lipinski definition) is 1. The van der Waals surface area contributed by atoms with Crippen molar-refractivity contribution in [2.45, 2.75) is 76.2 Å². The van der Waals surface area contributed by atoms with Crippen LogP contribution >= 0.6 is 0 Å². The molecule has 37 heavy (non-hydrogen) atoms. The van der Waals surface area contributed by atoms with E-state index in [1.165, 1.54) is 22.8 Å². The second kappa shape index (κ2) is 19.8.